The Morgan fingerprint density at radius 1 is 1.42 bits per heavy atom. The molecule has 1 heterocycles. The first-order valence-electron chi connectivity index (χ1n) is 4.91. The van der Waals surface area contributed by atoms with Crippen molar-refractivity contribution in [2.45, 2.75) is 46.2 Å². The molecule has 0 radical (unpaired) electrons. The molecule has 0 aromatic rings. The summed E-state index contributed by atoms with van der Waals surface area (Å²) in [4.78, 5) is 2.47. The van der Waals surface area contributed by atoms with Gasteiger partial charge in [0.05, 0.1) is 6.04 Å². The zero-order valence-electron chi connectivity index (χ0n) is 8.59. The lowest BCUT2D eigenvalue weighted by atomic mass is 10.1. The maximum absolute atomic E-state index is 3.27. The van der Waals surface area contributed by atoms with Crippen LogP contribution < -0.4 is 0 Å². The molecule has 12 heavy (non-hydrogen) atoms. The van der Waals surface area contributed by atoms with Crippen molar-refractivity contribution in [1.29, 1.82) is 0 Å². The molecular formula is C11H19N. The highest BCUT2D eigenvalue weighted by Crippen LogP contribution is 2.24. The van der Waals surface area contributed by atoms with Gasteiger partial charge in [-0.2, -0.15) is 0 Å². The monoisotopic (exact) mass is 165 g/mol. The van der Waals surface area contributed by atoms with Crippen LogP contribution in [0.5, 0.6) is 0 Å². The Morgan fingerprint density at radius 3 is 2.58 bits per heavy atom. The lowest BCUT2D eigenvalue weighted by Gasteiger charge is -2.16. The summed E-state index contributed by atoms with van der Waals surface area (Å²) in [5.74, 6) is 7.16. The van der Waals surface area contributed by atoms with Gasteiger partial charge in [-0.05, 0) is 12.8 Å². The van der Waals surface area contributed by atoms with Gasteiger partial charge in [0.2, 0.25) is 0 Å². The average molecular weight is 165 g/mol. The van der Waals surface area contributed by atoms with Crippen LogP contribution in [-0.4, -0.2) is 23.5 Å². The molecule has 0 saturated carbocycles. The molecule has 0 amide bonds. The molecule has 68 valence electrons. The molecule has 0 bridgehead atoms. The van der Waals surface area contributed by atoms with Gasteiger partial charge < -0.3 is 0 Å². The van der Waals surface area contributed by atoms with Crippen molar-refractivity contribution in [3.63, 3.8) is 0 Å². The standard InChI is InChI=1S/C11H19N/c1-5-6-7-11-8-12(11)10(4)9(2)3/h9-11H,5,8H2,1-4H3. The highest BCUT2D eigenvalue weighted by atomic mass is 15.3. The molecule has 0 aromatic carbocycles. The van der Waals surface area contributed by atoms with Gasteiger partial charge >= 0.3 is 0 Å². The molecule has 1 aliphatic rings. The number of hydrogen-bond acceptors (Lipinski definition) is 1. The van der Waals surface area contributed by atoms with Crippen molar-refractivity contribution in [2.24, 2.45) is 5.92 Å². The molecule has 3 atom stereocenters. The Hall–Kier alpha value is -0.480. The van der Waals surface area contributed by atoms with E-state index in [4.69, 9.17) is 0 Å². The van der Waals surface area contributed by atoms with E-state index < -0.39 is 0 Å². The molecule has 1 saturated heterocycles. The highest BCUT2D eigenvalue weighted by Gasteiger charge is 2.37. The van der Waals surface area contributed by atoms with E-state index in [1.807, 2.05) is 0 Å². The second-order valence-corrected chi connectivity index (χ2v) is 3.87. The zero-order valence-corrected chi connectivity index (χ0v) is 8.59. The summed E-state index contributed by atoms with van der Waals surface area (Å²) < 4.78 is 0. The molecule has 1 aliphatic heterocycles. The zero-order chi connectivity index (χ0) is 9.14. The van der Waals surface area contributed by atoms with Gasteiger partial charge in [-0.1, -0.05) is 26.7 Å². The van der Waals surface area contributed by atoms with E-state index in [0.29, 0.717) is 12.1 Å². The molecule has 1 nitrogen and oxygen atoms in total. The van der Waals surface area contributed by atoms with Gasteiger partial charge in [0.1, 0.15) is 0 Å². The van der Waals surface area contributed by atoms with Crippen LogP contribution in [0.15, 0.2) is 0 Å². The summed E-state index contributed by atoms with van der Waals surface area (Å²) in [6.45, 7) is 10.1. The predicted octanol–water partition coefficient (Wildman–Crippen LogP) is 2.13. The average Bonchev–Trinajstić information content (AvgIpc) is 2.78. The second-order valence-electron chi connectivity index (χ2n) is 3.87. The summed E-state index contributed by atoms with van der Waals surface area (Å²) in [5, 5.41) is 0. The third-order valence-electron chi connectivity index (χ3n) is 2.58. The number of hydrogen-bond donors (Lipinski definition) is 0. The van der Waals surface area contributed by atoms with E-state index in [1.54, 1.807) is 0 Å². The Kier molecular flexibility index (Phi) is 3.17. The molecule has 1 fully saturated rings. The minimum Gasteiger partial charge on any atom is -0.283 e. The van der Waals surface area contributed by atoms with Crippen LogP contribution in [0.3, 0.4) is 0 Å². The topological polar surface area (TPSA) is 3.01 Å². The first kappa shape index (κ1) is 9.61. The fourth-order valence-corrected chi connectivity index (χ4v) is 1.33. The summed E-state index contributed by atoms with van der Waals surface area (Å²) in [5.41, 5.74) is 0. The van der Waals surface area contributed by atoms with Crippen LogP contribution in [0.25, 0.3) is 0 Å². The van der Waals surface area contributed by atoms with Gasteiger partial charge in [-0.25, -0.2) is 0 Å². The van der Waals surface area contributed by atoms with E-state index in [-0.39, 0.29) is 0 Å². The summed E-state index contributed by atoms with van der Waals surface area (Å²) >= 11 is 0. The van der Waals surface area contributed by atoms with E-state index in [2.05, 4.69) is 44.4 Å². The van der Waals surface area contributed by atoms with Gasteiger partial charge in [-0.15, -0.1) is 5.92 Å². The first-order valence-corrected chi connectivity index (χ1v) is 4.91. The van der Waals surface area contributed by atoms with Crippen molar-refractivity contribution in [1.82, 2.24) is 4.90 Å². The lowest BCUT2D eigenvalue weighted by Crippen LogP contribution is -2.22. The molecule has 0 N–H and O–H groups in total. The van der Waals surface area contributed by atoms with Crippen molar-refractivity contribution >= 4 is 0 Å². The molecule has 0 aromatic heterocycles. The minimum atomic E-state index is 0.572. The predicted molar refractivity (Wildman–Crippen MR) is 52.9 cm³/mol. The van der Waals surface area contributed by atoms with Gasteiger partial charge in [0.15, 0.2) is 0 Å². The summed E-state index contributed by atoms with van der Waals surface area (Å²) in [6, 6.07) is 1.27. The van der Waals surface area contributed by atoms with Crippen LogP contribution in [0.4, 0.5) is 0 Å². The van der Waals surface area contributed by atoms with E-state index in [1.165, 1.54) is 6.54 Å². The maximum atomic E-state index is 3.27. The van der Waals surface area contributed by atoms with Crippen molar-refractivity contribution < 1.29 is 0 Å². The largest absolute Gasteiger partial charge is 0.283 e. The van der Waals surface area contributed by atoms with Crippen molar-refractivity contribution in [3.05, 3.63) is 0 Å². The Morgan fingerprint density at radius 2 is 2.08 bits per heavy atom. The van der Waals surface area contributed by atoms with E-state index in [0.717, 1.165) is 12.3 Å². The Bertz CT molecular complexity index is 197. The fraction of sp³-hybridized carbons (Fsp3) is 0.818. The van der Waals surface area contributed by atoms with Crippen molar-refractivity contribution in [3.8, 4) is 11.8 Å². The molecule has 0 spiro atoms. The Balaban J connectivity index is 2.32. The van der Waals surface area contributed by atoms with Crippen molar-refractivity contribution in [2.75, 3.05) is 6.54 Å². The van der Waals surface area contributed by atoms with Crippen LogP contribution >= 0.6 is 0 Å². The first-order chi connectivity index (χ1) is 5.66. The molecule has 3 unspecified atom stereocenters. The highest BCUT2D eigenvalue weighted by molar-refractivity contribution is 5.17. The molecule has 1 heteroatoms. The second kappa shape index (κ2) is 3.96. The maximum Gasteiger partial charge on any atom is 0.0847 e. The smallest absolute Gasteiger partial charge is 0.0847 e. The summed E-state index contributed by atoms with van der Waals surface area (Å²) in [6.07, 6.45) is 0.987. The van der Waals surface area contributed by atoms with E-state index >= 15 is 0 Å². The van der Waals surface area contributed by atoms with Gasteiger partial charge in [-0.3, -0.25) is 4.90 Å². The SMILES string of the molecule is CCC#CC1CN1C(C)C(C)C. The lowest BCUT2D eigenvalue weighted by molar-refractivity contribution is 0.324. The normalized spacial score (nSPS) is 29.4. The van der Waals surface area contributed by atoms with Gasteiger partial charge in [0.25, 0.3) is 0 Å². The van der Waals surface area contributed by atoms with E-state index in [9.17, 15) is 0 Å². The van der Waals surface area contributed by atoms with Crippen LogP contribution in [0, 0.1) is 17.8 Å². The van der Waals surface area contributed by atoms with Gasteiger partial charge in [0, 0.05) is 19.0 Å². The quantitative estimate of drug-likeness (QED) is 0.447. The van der Waals surface area contributed by atoms with Crippen LogP contribution in [0.2, 0.25) is 0 Å². The number of nitrogens with zero attached hydrogens (tertiary/aromatic N) is 1. The van der Waals surface area contributed by atoms with Crippen LogP contribution in [-0.2, 0) is 0 Å². The molecule has 1 rings (SSSR count). The van der Waals surface area contributed by atoms with Crippen LogP contribution in [0.1, 0.15) is 34.1 Å². The molecule has 0 aliphatic carbocycles. The third-order valence-corrected chi connectivity index (χ3v) is 2.58. The number of rotatable bonds is 2. The molecular weight excluding hydrogens is 146 g/mol. The summed E-state index contributed by atoms with van der Waals surface area (Å²) in [7, 11) is 0. The Labute approximate surface area is 76.1 Å². The minimum absolute atomic E-state index is 0.572. The third kappa shape index (κ3) is 2.25. The fourth-order valence-electron chi connectivity index (χ4n) is 1.33.